The highest BCUT2D eigenvalue weighted by molar-refractivity contribution is 7.89. The first kappa shape index (κ1) is 25.0. The minimum Gasteiger partial charge on any atom is -0.452 e. The highest BCUT2D eigenvalue weighted by atomic mass is 35.5. The Hall–Kier alpha value is -2.68. The fraction of sp³-hybridized carbons (Fsp3) is 0.333. The van der Waals surface area contributed by atoms with Gasteiger partial charge in [0, 0.05) is 30.7 Å². The van der Waals surface area contributed by atoms with Crippen LogP contribution in [0.5, 0.6) is 0 Å². The predicted octanol–water partition coefficient (Wildman–Crippen LogP) is 3.78. The van der Waals surface area contributed by atoms with Gasteiger partial charge in [0.2, 0.25) is 10.0 Å². The molecule has 0 radical (unpaired) electrons. The monoisotopic (exact) mass is 490 g/mol. The molecule has 176 valence electrons. The number of rotatable bonds is 8. The summed E-state index contributed by atoms with van der Waals surface area (Å²) in [6, 6.07) is 13.4. The number of halogens is 1. The molecule has 3 rings (SSSR count). The zero-order valence-electron chi connectivity index (χ0n) is 18.2. The summed E-state index contributed by atoms with van der Waals surface area (Å²) in [4.78, 5) is 24.0. The molecule has 0 aliphatic carbocycles. The van der Waals surface area contributed by atoms with E-state index in [2.05, 4.69) is 5.32 Å². The van der Waals surface area contributed by atoms with E-state index in [1.54, 1.807) is 40.7 Å². The Kier molecular flexibility index (Phi) is 9.05. The molecule has 0 saturated carbocycles. The normalized spacial score (nSPS) is 15.2. The smallest absolute Gasteiger partial charge is 0.331 e. The van der Waals surface area contributed by atoms with Gasteiger partial charge in [-0.05, 0) is 54.3 Å². The van der Waals surface area contributed by atoms with Crippen molar-refractivity contribution in [1.29, 1.82) is 0 Å². The maximum Gasteiger partial charge on any atom is 0.331 e. The van der Waals surface area contributed by atoms with Crippen LogP contribution in [0.4, 0.5) is 0 Å². The highest BCUT2D eigenvalue weighted by Crippen LogP contribution is 2.21. The number of hydrogen-bond donors (Lipinski definition) is 1. The Labute approximate surface area is 199 Å². The van der Waals surface area contributed by atoms with Gasteiger partial charge in [0.15, 0.2) is 6.61 Å². The Morgan fingerprint density at radius 1 is 0.970 bits per heavy atom. The molecule has 0 atom stereocenters. The molecule has 2 aromatic rings. The number of carbonyl (C=O) groups excluding carboxylic acids is 2. The summed E-state index contributed by atoms with van der Waals surface area (Å²) < 4.78 is 32.1. The number of esters is 1. The van der Waals surface area contributed by atoms with E-state index in [1.807, 2.05) is 0 Å². The molecule has 1 heterocycles. The first-order valence-corrected chi connectivity index (χ1v) is 12.6. The van der Waals surface area contributed by atoms with Gasteiger partial charge in [-0.3, -0.25) is 4.79 Å². The average molecular weight is 491 g/mol. The molecular weight excluding hydrogens is 464 g/mol. The fourth-order valence-corrected chi connectivity index (χ4v) is 5.03. The van der Waals surface area contributed by atoms with Crippen molar-refractivity contribution in [2.45, 2.75) is 37.1 Å². The van der Waals surface area contributed by atoms with E-state index in [0.717, 1.165) is 31.2 Å². The van der Waals surface area contributed by atoms with Crippen LogP contribution < -0.4 is 5.32 Å². The minimum absolute atomic E-state index is 0.237. The molecule has 1 fully saturated rings. The third-order valence-electron chi connectivity index (χ3n) is 5.24. The van der Waals surface area contributed by atoms with Gasteiger partial charge in [0.25, 0.3) is 5.91 Å². The summed E-state index contributed by atoms with van der Waals surface area (Å²) in [5, 5.41) is 3.27. The van der Waals surface area contributed by atoms with Gasteiger partial charge in [0.05, 0.1) is 4.90 Å². The first-order chi connectivity index (χ1) is 15.8. The molecule has 0 unspecified atom stereocenters. The summed E-state index contributed by atoms with van der Waals surface area (Å²) >= 11 is 5.82. The third-order valence-corrected chi connectivity index (χ3v) is 7.41. The van der Waals surface area contributed by atoms with Crippen LogP contribution in [0.25, 0.3) is 6.08 Å². The minimum atomic E-state index is -3.51. The summed E-state index contributed by atoms with van der Waals surface area (Å²) in [6.45, 7) is 0.992. The predicted molar refractivity (Wildman–Crippen MR) is 127 cm³/mol. The van der Waals surface area contributed by atoms with Gasteiger partial charge in [-0.25, -0.2) is 13.2 Å². The average Bonchev–Trinajstić information content (AvgIpc) is 3.11. The first-order valence-electron chi connectivity index (χ1n) is 10.8. The van der Waals surface area contributed by atoms with E-state index in [4.69, 9.17) is 16.3 Å². The molecule has 1 amide bonds. The van der Waals surface area contributed by atoms with Crippen LogP contribution in [0.3, 0.4) is 0 Å². The summed E-state index contributed by atoms with van der Waals surface area (Å²) in [7, 11) is -3.51. The van der Waals surface area contributed by atoms with Crippen molar-refractivity contribution in [2.75, 3.05) is 19.7 Å². The van der Waals surface area contributed by atoms with Crippen LogP contribution in [0.15, 0.2) is 59.5 Å². The molecule has 1 aliphatic heterocycles. The number of carbonyl (C=O) groups is 2. The van der Waals surface area contributed by atoms with E-state index in [-0.39, 0.29) is 4.90 Å². The number of sulfonamides is 1. The number of benzene rings is 2. The standard InChI is InChI=1S/C24H27ClN2O5S/c25-21-10-5-20(6-11-21)17-26-23(28)18-32-24(29)14-9-19-7-12-22(13-8-19)33(30,31)27-15-3-1-2-4-16-27/h5-14H,1-4,15-18H2,(H,26,28). The molecular formula is C24H27ClN2O5S. The summed E-state index contributed by atoms with van der Waals surface area (Å²) in [5.41, 5.74) is 1.52. The van der Waals surface area contributed by atoms with Gasteiger partial charge in [-0.2, -0.15) is 4.31 Å². The van der Waals surface area contributed by atoms with Gasteiger partial charge >= 0.3 is 5.97 Å². The van der Waals surface area contributed by atoms with Gasteiger partial charge in [-0.1, -0.05) is 48.7 Å². The zero-order valence-corrected chi connectivity index (χ0v) is 19.8. The van der Waals surface area contributed by atoms with Crippen LogP contribution >= 0.6 is 11.6 Å². The van der Waals surface area contributed by atoms with Crippen LogP contribution in [-0.2, 0) is 30.9 Å². The number of nitrogens with one attached hydrogen (secondary N) is 1. The summed E-state index contributed by atoms with van der Waals surface area (Å²) in [6.07, 6.45) is 6.56. The maximum atomic E-state index is 12.8. The van der Waals surface area contributed by atoms with Gasteiger partial charge < -0.3 is 10.1 Å². The second-order valence-corrected chi connectivity index (χ2v) is 10.1. The van der Waals surface area contributed by atoms with Crippen LogP contribution in [0.2, 0.25) is 5.02 Å². The second kappa shape index (κ2) is 12.0. The largest absolute Gasteiger partial charge is 0.452 e. The third kappa shape index (κ3) is 7.70. The Morgan fingerprint density at radius 2 is 1.61 bits per heavy atom. The van der Waals surface area contributed by atoms with Crippen LogP contribution in [0, 0.1) is 0 Å². The lowest BCUT2D eigenvalue weighted by molar-refractivity contribution is -0.143. The number of nitrogens with zero attached hydrogens (tertiary/aromatic N) is 1. The molecule has 33 heavy (non-hydrogen) atoms. The van der Waals surface area contributed by atoms with E-state index in [9.17, 15) is 18.0 Å². The topological polar surface area (TPSA) is 92.8 Å². The Balaban J connectivity index is 1.46. The van der Waals surface area contributed by atoms with Crippen LogP contribution in [-0.4, -0.2) is 44.3 Å². The van der Waals surface area contributed by atoms with Crippen molar-refractivity contribution < 1.29 is 22.7 Å². The van der Waals surface area contributed by atoms with Crippen molar-refractivity contribution in [3.05, 3.63) is 70.8 Å². The van der Waals surface area contributed by atoms with Crippen molar-refractivity contribution in [2.24, 2.45) is 0 Å². The van der Waals surface area contributed by atoms with E-state index < -0.39 is 28.5 Å². The highest BCUT2D eigenvalue weighted by Gasteiger charge is 2.24. The number of hydrogen-bond acceptors (Lipinski definition) is 5. The lowest BCUT2D eigenvalue weighted by atomic mass is 10.2. The Bertz CT molecular complexity index is 1070. The molecule has 9 heteroatoms. The summed E-state index contributed by atoms with van der Waals surface area (Å²) in [5.74, 6) is -1.09. The quantitative estimate of drug-likeness (QED) is 0.449. The lowest BCUT2D eigenvalue weighted by Gasteiger charge is -2.19. The van der Waals surface area contributed by atoms with E-state index >= 15 is 0 Å². The molecule has 7 nitrogen and oxygen atoms in total. The van der Waals surface area contributed by atoms with Crippen molar-refractivity contribution in [3.8, 4) is 0 Å². The van der Waals surface area contributed by atoms with E-state index in [1.165, 1.54) is 24.3 Å². The second-order valence-electron chi connectivity index (χ2n) is 7.73. The molecule has 1 saturated heterocycles. The molecule has 0 aromatic heterocycles. The van der Waals surface area contributed by atoms with Crippen molar-refractivity contribution in [3.63, 3.8) is 0 Å². The molecule has 0 bridgehead atoms. The Morgan fingerprint density at radius 3 is 2.24 bits per heavy atom. The van der Waals surface area contributed by atoms with Crippen molar-refractivity contribution in [1.82, 2.24) is 9.62 Å². The lowest BCUT2D eigenvalue weighted by Crippen LogP contribution is -2.31. The number of amides is 1. The number of ether oxygens (including phenoxy) is 1. The van der Waals surface area contributed by atoms with E-state index in [0.29, 0.717) is 30.2 Å². The van der Waals surface area contributed by atoms with Crippen molar-refractivity contribution >= 4 is 39.6 Å². The fourth-order valence-electron chi connectivity index (χ4n) is 3.38. The van der Waals surface area contributed by atoms with Crippen LogP contribution in [0.1, 0.15) is 36.8 Å². The van der Waals surface area contributed by atoms with Gasteiger partial charge in [0.1, 0.15) is 0 Å². The molecule has 1 aliphatic rings. The molecule has 2 aromatic carbocycles. The zero-order chi connectivity index (χ0) is 23.7. The SMILES string of the molecule is O=C(COC(=O)C=Cc1ccc(S(=O)(=O)N2CCCCCC2)cc1)NCc1ccc(Cl)cc1. The van der Waals surface area contributed by atoms with Gasteiger partial charge in [-0.15, -0.1) is 0 Å². The molecule has 1 N–H and O–H groups in total. The molecule has 0 spiro atoms. The maximum absolute atomic E-state index is 12.8.